The zero-order valence-corrected chi connectivity index (χ0v) is 15.7. The molecule has 1 aromatic heterocycles. The molecule has 0 radical (unpaired) electrons. The van der Waals surface area contributed by atoms with Crippen LogP contribution in [0.1, 0.15) is 28.9 Å². The molecule has 0 saturated carbocycles. The Balaban J connectivity index is 1.50. The van der Waals surface area contributed by atoms with Gasteiger partial charge in [-0.25, -0.2) is 4.98 Å². The molecular formula is C21H21N3O4. The predicted molar refractivity (Wildman–Crippen MR) is 103 cm³/mol. The number of amides is 1. The van der Waals surface area contributed by atoms with Crippen LogP contribution in [-0.2, 0) is 0 Å². The van der Waals surface area contributed by atoms with Crippen LogP contribution in [0.15, 0.2) is 55.1 Å². The lowest BCUT2D eigenvalue weighted by molar-refractivity contribution is 0.0938. The van der Waals surface area contributed by atoms with E-state index in [4.69, 9.17) is 14.2 Å². The molecule has 0 bridgehead atoms. The summed E-state index contributed by atoms with van der Waals surface area (Å²) >= 11 is 0. The van der Waals surface area contributed by atoms with Crippen molar-refractivity contribution in [2.75, 3.05) is 20.3 Å². The van der Waals surface area contributed by atoms with Crippen molar-refractivity contribution in [3.63, 3.8) is 0 Å². The molecule has 1 amide bonds. The minimum absolute atomic E-state index is 0.163. The number of carbonyl (C=O) groups excluding carboxylic acids is 1. The maximum atomic E-state index is 12.8. The van der Waals surface area contributed by atoms with Crippen LogP contribution in [-0.4, -0.2) is 35.8 Å². The molecule has 4 rings (SSSR count). The topological polar surface area (TPSA) is 74.6 Å². The van der Waals surface area contributed by atoms with Crippen LogP contribution in [0.5, 0.6) is 17.2 Å². The third-order valence-electron chi connectivity index (χ3n) is 4.63. The van der Waals surface area contributed by atoms with Crippen LogP contribution < -0.4 is 19.5 Å². The van der Waals surface area contributed by atoms with Crippen LogP contribution in [0.4, 0.5) is 0 Å². The third kappa shape index (κ3) is 3.51. The highest BCUT2D eigenvalue weighted by Crippen LogP contribution is 2.40. The van der Waals surface area contributed by atoms with Crippen LogP contribution in [0, 0.1) is 0 Å². The van der Waals surface area contributed by atoms with Crippen LogP contribution in [0.3, 0.4) is 0 Å². The van der Waals surface area contributed by atoms with E-state index in [1.54, 1.807) is 31.8 Å². The Kier molecular flexibility index (Phi) is 4.89. The second kappa shape index (κ2) is 7.64. The molecule has 144 valence electrons. The summed E-state index contributed by atoms with van der Waals surface area (Å²) in [5, 5.41) is 3.01. The van der Waals surface area contributed by atoms with E-state index in [0.29, 0.717) is 36.0 Å². The van der Waals surface area contributed by atoms with E-state index in [1.165, 1.54) is 0 Å². The largest absolute Gasteiger partial charge is 0.493 e. The maximum absolute atomic E-state index is 12.8. The Hall–Kier alpha value is -3.48. The average molecular weight is 379 g/mol. The fourth-order valence-corrected chi connectivity index (χ4v) is 3.11. The second-order valence-electron chi connectivity index (χ2n) is 6.46. The molecular weight excluding hydrogens is 358 g/mol. The lowest BCUT2D eigenvalue weighted by Crippen LogP contribution is -2.27. The first-order valence-corrected chi connectivity index (χ1v) is 9.02. The molecule has 1 N–H and O–H groups in total. The molecule has 0 aliphatic carbocycles. The normalized spacial score (nSPS) is 13.6. The number of hydrogen-bond acceptors (Lipinski definition) is 5. The van der Waals surface area contributed by atoms with Gasteiger partial charge in [0.05, 0.1) is 19.5 Å². The first kappa shape index (κ1) is 17.9. The van der Waals surface area contributed by atoms with E-state index in [2.05, 4.69) is 10.3 Å². The summed E-state index contributed by atoms with van der Waals surface area (Å²) in [6, 6.07) is 11.1. The first-order valence-electron chi connectivity index (χ1n) is 9.02. The second-order valence-corrected chi connectivity index (χ2v) is 6.46. The average Bonchev–Trinajstić information content (AvgIpc) is 3.28. The fourth-order valence-electron chi connectivity index (χ4n) is 3.11. The molecule has 3 aromatic rings. The molecule has 1 aliphatic heterocycles. The van der Waals surface area contributed by atoms with Crippen molar-refractivity contribution in [1.29, 1.82) is 0 Å². The lowest BCUT2D eigenvalue weighted by Gasteiger charge is -2.22. The van der Waals surface area contributed by atoms with Gasteiger partial charge in [0.2, 0.25) is 5.75 Å². The van der Waals surface area contributed by atoms with Crippen molar-refractivity contribution in [2.45, 2.75) is 13.0 Å². The lowest BCUT2D eigenvalue weighted by atomic mass is 10.1. The Bertz CT molecular complexity index is 951. The molecule has 0 fully saturated rings. The molecule has 1 atom stereocenters. The van der Waals surface area contributed by atoms with E-state index in [0.717, 1.165) is 11.3 Å². The molecule has 7 heteroatoms. The monoisotopic (exact) mass is 379 g/mol. The van der Waals surface area contributed by atoms with Crippen molar-refractivity contribution in [1.82, 2.24) is 14.9 Å². The summed E-state index contributed by atoms with van der Waals surface area (Å²) in [5.74, 6) is 1.34. The quantitative estimate of drug-likeness (QED) is 0.737. The molecule has 2 heterocycles. The van der Waals surface area contributed by atoms with Gasteiger partial charge in [0.15, 0.2) is 11.5 Å². The molecule has 0 spiro atoms. The molecule has 7 nitrogen and oxygen atoms in total. The number of fused-ring (bicyclic) bond motifs is 1. The van der Waals surface area contributed by atoms with Crippen molar-refractivity contribution in [2.24, 2.45) is 0 Å². The number of imidazole rings is 1. The zero-order valence-electron chi connectivity index (χ0n) is 15.7. The van der Waals surface area contributed by atoms with E-state index in [9.17, 15) is 4.79 Å². The highest BCUT2D eigenvalue weighted by molar-refractivity contribution is 5.96. The minimum atomic E-state index is -0.207. The highest BCUT2D eigenvalue weighted by atomic mass is 16.6. The summed E-state index contributed by atoms with van der Waals surface area (Å²) in [7, 11) is 1.54. The summed E-state index contributed by atoms with van der Waals surface area (Å²) in [5.41, 5.74) is 2.47. The number of nitrogens with zero attached hydrogens (tertiary/aromatic N) is 2. The van der Waals surface area contributed by atoms with E-state index < -0.39 is 0 Å². The van der Waals surface area contributed by atoms with Crippen molar-refractivity contribution >= 4 is 5.91 Å². The van der Waals surface area contributed by atoms with Crippen molar-refractivity contribution in [3.8, 4) is 22.9 Å². The summed E-state index contributed by atoms with van der Waals surface area (Å²) in [6.07, 6.45) is 5.36. The number of methoxy groups -OCH3 is 1. The van der Waals surface area contributed by atoms with E-state index in [-0.39, 0.29) is 11.9 Å². The van der Waals surface area contributed by atoms with Gasteiger partial charge in [0, 0.05) is 23.6 Å². The Labute approximate surface area is 162 Å². The fraction of sp³-hybridized carbons (Fsp3) is 0.238. The number of aromatic nitrogens is 2. The minimum Gasteiger partial charge on any atom is -0.493 e. The van der Waals surface area contributed by atoms with E-state index >= 15 is 0 Å². The van der Waals surface area contributed by atoms with Gasteiger partial charge in [-0.2, -0.15) is 0 Å². The smallest absolute Gasteiger partial charge is 0.252 e. The molecule has 0 unspecified atom stereocenters. The predicted octanol–water partition coefficient (Wildman–Crippen LogP) is 3.14. The van der Waals surface area contributed by atoms with Gasteiger partial charge >= 0.3 is 0 Å². The van der Waals surface area contributed by atoms with Gasteiger partial charge < -0.3 is 24.1 Å². The number of hydrogen-bond donors (Lipinski definition) is 1. The Morgan fingerprint density at radius 2 is 2.00 bits per heavy atom. The van der Waals surface area contributed by atoms with Crippen molar-refractivity contribution in [3.05, 3.63) is 66.2 Å². The number of nitrogens with one attached hydrogen (secondary N) is 1. The van der Waals surface area contributed by atoms with Gasteiger partial charge in [0.1, 0.15) is 13.2 Å². The van der Waals surface area contributed by atoms with Gasteiger partial charge in [-0.05, 0) is 36.8 Å². The van der Waals surface area contributed by atoms with Crippen LogP contribution in [0.25, 0.3) is 5.69 Å². The molecule has 0 saturated heterocycles. The van der Waals surface area contributed by atoms with Crippen molar-refractivity contribution < 1.29 is 19.0 Å². The standard InChI is InChI=1S/C21H21N3O4/c1-14(15-3-5-17(6-4-15)24-8-7-22-13-24)23-21(25)16-11-18(26-2)20-19(12-16)27-9-10-28-20/h3-8,11-14H,9-10H2,1-2H3,(H,23,25)/t14-/m0/s1. The maximum Gasteiger partial charge on any atom is 0.252 e. The summed E-state index contributed by atoms with van der Waals surface area (Å²) in [6.45, 7) is 2.85. The van der Waals surface area contributed by atoms with Gasteiger partial charge in [-0.15, -0.1) is 0 Å². The highest BCUT2D eigenvalue weighted by Gasteiger charge is 2.21. The Morgan fingerprint density at radius 3 is 2.71 bits per heavy atom. The molecule has 1 aliphatic rings. The number of rotatable bonds is 5. The first-order chi connectivity index (χ1) is 13.7. The summed E-state index contributed by atoms with van der Waals surface area (Å²) in [4.78, 5) is 16.8. The van der Waals surface area contributed by atoms with Gasteiger partial charge in [0.25, 0.3) is 5.91 Å². The summed E-state index contributed by atoms with van der Waals surface area (Å²) < 4.78 is 18.5. The molecule has 2 aromatic carbocycles. The zero-order chi connectivity index (χ0) is 19.5. The van der Waals surface area contributed by atoms with Gasteiger partial charge in [-0.3, -0.25) is 4.79 Å². The van der Waals surface area contributed by atoms with Crippen LogP contribution in [0.2, 0.25) is 0 Å². The SMILES string of the molecule is COc1cc(C(=O)N[C@@H](C)c2ccc(-n3ccnc3)cc2)cc2c1OCCO2. The molecule has 28 heavy (non-hydrogen) atoms. The number of ether oxygens (including phenoxy) is 3. The third-order valence-corrected chi connectivity index (χ3v) is 4.63. The Morgan fingerprint density at radius 1 is 1.21 bits per heavy atom. The number of benzene rings is 2. The van der Waals surface area contributed by atoms with Gasteiger partial charge in [-0.1, -0.05) is 12.1 Å². The number of carbonyl (C=O) groups is 1. The van der Waals surface area contributed by atoms with E-state index in [1.807, 2.05) is 42.0 Å². The van der Waals surface area contributed by atoms with Crippen LogP contribution >= 0.6 is 0 Å².